The smallest absolute Gasteiger partial charge is 0.265 e. The predicted octanol–water partition coefficient (Wildman–Crippen LogP) is 4.93. The van der Waals surface area contributed by atoms with Gasteiger partial charge >= 0.3 is 0 Å². The van der Waals surface area contributed by atoms with E-state index in [4.69, 9.17) is 4.74 Å². The van der Waals surface area contributed by atoms with E-state index in [2.05, 4.69) is 36.1 Å². The number of hydrogen-bond donors (Lipinski definition) is 1. The molecule has 2 heterocycles. The predicted molar refractivity (Wildman–Crippen MR) is 95.8 cm³/mol. The largest absolute Gasteiger partial charge is 0.494 e. The van der Waals surface area contributed by atoms with Gasteiger partial charge in [-0.1, -0.05) is 0 Å². The molecule has 0 aliphatic heterocycles. The highest BCUT2D eigenvalue weighted by Gasteiger charge is 2.12. The molecular weight excluding hydrogens is 308 g/mol. The molecule has 0 spiro atoms. The van der Waals surface area contributed by atoms with Gasteiger partial charge in [-0.2, -0.15) is 0 Å². The molecule has 1 N–H and O–H groups in total. The summed E-state index contributed by atoms with van der Waals surface area (Å²) in [7, 11) is 0. The summed E-state index contributed by atoms with van der Waals surface area (Å²) in [6.45, 7) is 6.86. The number of carbonyl (C=O) groups excluding carboxylic acids is 1. The van der Waals surface area contributed by atoms with E-state index < -0.39 is 0 Å². The molecule has 120 valence electrons. The van der Waals surface area contributed by atoms with Gasteiger partial charge in [-0.15, -0.1) is 11.3 Å². The van der Waals surface area contributed by atoms with Crippen molar-refractivity contribution in [2.75, 3.05) is 11.9 Å². The summed E-state index contributed by atoms with van der Waals surface area (Å²) in [6, 6.07) is 9.79. The number of nitrogens with zero attached hydrogens (tertiary/aromatic N) is 1. The van der Waals surface area contributed by atoms with Crippen molar-refractivity contribution >= 4 is 33.0 Å². The Balaban J connectivity index is 1.73. The summed E-state index contributed by atoms with van der Waals surface area (Å²) in [5, 5.41) is 4.04. The van der Waals surface area contributed by atoms with Gasteiger partial charge in [-0.3, -0.25) is 4.79 Å². The van der Waals surface area contributed by atoms with Gasteiger partial charge in [-0.25, -0.2) is 0 Å². The zero-order chi connectivity index (χ0) is 16.4. The lowest BCUT2D eigenvalue weighted by molar-refractivity contribution is 0.103. The molecule has 0 saturated carbocycles. The molecule has 2 aromatic heterocycles. The first-order chi connectivity index (χ1) is 11.1. The van der Waals surface area contributed by atoms with Crippen molar-refractivity contribution in [1.82, 2.24) is 4.57 Å². The summed E-state index contributed by atoms with van der Waals surface area (Å²) in [4.78, 5) is 13.1. The van der Waals surface area contributed by atoms with E-state index in [1.807, 2.05) is 37.3 Å². The maximum absolute atomic E-state index is 12.4. The minimum absolute atomic E-state index is 0.0774. The zero-order valence-electron chi connectivity index (χ0n) is 13.5. The molecule has 0 atom stereocenters. The standard InChI is InChI=1S/C18H20N2O2S/c1-4-22-15-7-5-14(6-8-15)19-18(21)16-9-13-10-20(12(2)3)11-17(13)23-16/h5-12H,4H2,1-3H3,(H,19,21). The molecule has 0 saturated heterocycles. The van der Waals surface area contributed by atoms with Crippen molar-refractivity contribution in [2.45, 2.75) is 26.8 Å². The summed E-state index contributed by atoms with van der Waals surface area (Å²) >= 11 is 1.52. The van der Waals surface area contributed by atoms with Gasteiger partial charge in [0.25, 0.3) is 5.91 Å². The number of amides is 1. The summed E-state index contributed by atoms with van der Waals surface area (Å²) in [6.07, 6.45) is 4.18. The maximum atomic E-state index is 12.4. The topological polar surface area (TPSA) is 43.3 Å². The molecule has 3 rings (SSSR count). The van der Waals surface area contributed by atoms with E-state index in [0.717, 1.165) is 26.4 Å². The Labute approximate surface area is 139 Å². The van der Waals surface area contributed by atoms with Crippen LogP contribution >= 0.6 is 11.3 Å². The Bertz CT molecular complexity index is 784. The average molecular weight is 328 g/mol. The van der Waals surface area contributed by atoms with Crippen molar-refractivity contribution in [1.29, 1.82) is 0 Å². The minimum atomic E-state index is -0.0774. The van der Waals surface area contributed by atoms with Crippen LogP contribution in [0.3, 0.4) is 0 Å². The Morgan fingerprint density at radius 2 is 2.00 bits per heavy atom. The van der Waals surface area contributed by atoms with Crippen LogP contribution in [0.25, 0.3) is 10.1 Å². The van der Waals surface area contributed by atoms with Crippen molar-refractivity contribution in [3.8, 4) is 5.75 Å². The molecule has 0 aliphatic rings. The molecule has 0 unspecified atom stereocenters. The van der Waals surface area contributed by atoms with Gasteiger partial charge in [0.2, 0.25) is 0 Å². The first-order valence-electron chi connectivity index (χ1n) is 7.72. The first kappa shape index (κ1) is 15.6. The second-order valence-electron chi connectivity index (χ2n) is 5.64. The summed E-state index contributed by atoms with van der Waals surface area (Å²) < 4.78 is 8.69. The Hall–Kier alpha value is -2.27. The molecule has 0 fully saturated rings. The van der Waals surface area contributed by atoms with E-state index in [1.165, 1.54) is 11.3 Å². The lowest BCUT2D eigenvalue weighted by Gasteiger charge is -2.06. The molecule has 23 heavy (non-hydrogen) atoms. The molecule has 4 nitrogen and oxygen atoms in total. The molecule has 0 aliphatic carbocycles. The number of rotatable bonds is 5. The highest BCUT2D eigenvalue weighted by molar-refractivity contribution is 7.20. The van der Waals surface area contributed by atoms with Gasteiger partial charge in [0.05, 0.1) is 16.2 Å². The van der Waals surface area contributed by atoms with Crippen LogP contribution in [0.2, 0.25) is 0 Å². The maximum Gasteiger partial charge on any atom is 0.265 e. The third kappa shape index (κ3) is 3.40. The van der Waals surface area contributed by atoms with Crippen LogP contribution in [0.15, 0.2) is 42.7 Å². The van der Waals surface area contributed by atoms with Crippen LogP contribution in [-0.4, -0.2) is 17.1 Å². The van der Waals surface area contributed by atoms with Gasteiger partial charge in [-0.05, 0) is 51.1 Å². The lowest BCUT2D eigenvalue weighted by Crippen LogP contribution is -2.09. The van der Waals surface area contributed by atoms with E-state index >= 15 is 0 Å². The lowest BCUT2D eigenvalue weighted by atomic mass is 10.3. The van der Waals surface area contributed by atoms with Crippen LogP contribution < -0.4 is 10.1 Å². The van der Waals surface area contributed by atoms with E-state index in [-0.39, 0.29) is 5.91 Å². The highest BCUT2D eigenvalue weighted by atomic mass is 32.1. The normalized spacial score (nSPS) is 11.1. The number of benzene rings is 1. The fraction of sp³-hybridized carbons (Fsp3) is 0.278. The van der Waals surface area contributed by atoms with Crippen LogP contribution in [0.1, 0.15) is 36.5 Å². The molecule has 0 radical (unpaired) electrons. The molecule has 1 amide bonds. The quantitative estimate of drug-likeness (QED) is 0.721. The number of thiophene rings is 1. The van der Waals surface area contributed by atoms with Gasteiger partial charge < -0.3 is 14.6 Å². The van der Waals surface area contributed by atoms with Gasteiger partial charge in [0.15, 0.2) is 0 Å². The number of hydrogen-bond acceptors (Lipinski definition) is 3. The summed E-state index contributed by atoms with van der Waals surface area (Å²) in [5.74, 6) is 0.727. The van der Waals surface area contributed by atoms with Crippen LogP contribution in [0.4, 0.5) is 5.69 Å². The Kier molecular flexibility index (Phi) is 4.39. The Morgan fingerprint density at radius 1 is 1.26 bits per heavy atom. The van der Waals surface area contributed by atoms with E-state index in [1.54, 1.807) is 0 Å². The number of aromatic nitrogens is 1. The molecule has 1 aromatic carbocycles. The van der Waals surface area contributed by atoms with Crippen LogP contribution in [-0.2, 0) is 0 Å². The SMILES string of the molecule is CCOc1ccc(NC(=O)c2cc3cn(C(C)C)cc3s2)cc1. The van der Waals surface area contributed by atoms with Crippen molar-refractivity contribution in [2.24, 2.45) is 0 Å². The monoisotopic (exact) mass is 328 g/mol. The fourth-order valence-corrected chi connectivity index (χ4v) is 3.33. The number of anilines is 1. The van der Waals surface area contributed by atoms with Gasteiger partial charge in [0, 0.05) is 29.5 Å². The number of nitrogens with one attached hydrogen (secondary N) is 1. The Morgan fingerprint density at radius 3 is 2.61 bits per heavy atom. The minimum Gasteiger partial charge on any atom is -0.494 e. The number of fused-ring (bicyclic) bond motifs is 1. The average Bonchev–Trinajstić information content (AvgIpc) is 3.08. The third-order valence-electron chi connectivity index (χ3n) is 3.59. The molecule has 3 aromatic rings. The second-order valence-corrected chi connectivity index (χ2v) is 6.72. The van der Waals surface area contributed by atoms with Crippen LogP contribution in [0, 0.1) is 0 Å². The molecule has 5 heteroatoms. The molecular formula is C18H20N2O2S. The number of carbonyl (C=O) groups is 1. The highest BCUT2D eigenvalue weighted by Crippen LogP contribution is 2.28. The van der Waals surface area contributed by atoms with Crippen LogP contribution in [0.5, 0.6) is 5.75 Å². The number of ether oxygens (including phenoxy) is 1. The van der Waals surface area contributed by atoms with Gasteiger partial charge in [0.1, 0.15) is 5.75 Å². The van der Waals surface area contributed by atoms with E-state index in [9.17, 15) is 4.79 Å². The zero-order valence-corrected chi connectivity index (χ0v) is 14.3. The van der Waals surface area contributed by atoms with Crippen molar-refractivity contribution < 1.29 is 9.53 Å². The van der Waals surface area contributed by atoms with E-state index in [0.29, 0.717) is 12.6 Å². The fourth-order valence-electron chi connectivity index (χ4n) is 2.36. The summed E-state index contributed by atoms with van der Waals surface area (Å²) in [5.41, 5.74) is 0.767. The van der Waals surface area contributed by atoms with Crippen molar-refractivity contribution in [3.63, 3.8) is 0 Å². The third-order valence-corrected chi connectivity index (χ3v) is 4.67. The molecule has 0 bridgehead atoms. The first-order valence-corrected chi connectivity index (χ1v) is 8.53. The second kappa shape index (κ2) is 6.46. The van der Waals surface area contributed by atoms with Crippen molar-refractivity contribution in [3.05, 3.63) is 47.6 Å².